The first-order valence-corrected chi connectivity index (χ1v) is 7.30. The number of carboxylic acids is 1. The smallest absolute Gasteiger partial charge is 0.334 e. The molecule has 0 radical (unpaired) electrons. The molecule has 20 heavy (non-hydrogen) atoms. The predicted molar refractivity (Wildman–Crippen MR) is 80.6 cm³/mol. The van der Waals surface area contributed by atoms with E-state index in [4.69, 9.17) is 4.74 Å². The molecule has 0 saturated carbocycles. The summed E-state index contributed by atoms with van der Waals surface area (Å²) in [7, 11) is 2.12. The van der Waals surface area contributed by atoms with Gasteiger partial charge in [-0.3, -0.25) is 4.90 Å². The second kappa shape index (κ2) is 5.76. The first-order valence-electron chi connectivity index (χ1n) is 7.30. The number of hydrogen-bond donors (Lipinski definition) is 1. The van der Waals surface area contributed by atoms with Gasteiger partial charge in [-0.2, -0.15) is 0 Å². The second-order valence-electron chi connectivity index (χ2n) is 7.35. The summed E-state index contributed by atoms with van der Waals surface area (Å²) < 4.78 is 5.43. The van der Waals surface area contributed by atoms with Crippen molar-refractivity contribution >= 4 is 5.97 Å². The summed E-state index contributed by atoms with van der Waals surface area (Å²) >= 11 is 0. The molecule has 0 aromatic heterocycles. The molecule has 1 N–H and O–H groups in total. The van der Waals surface area contributed by atoms with Crippen LogP contribution in [0.25, 0.3) is 0 Å². The monoisotopic (exact) mass is 283 g/mol. The Hall–Kier alpha value is -1.03. The Balaban J connectivity index is 3.04. The molecule has 1 aliphatic rings. The van der Waals surface area contributed by atoms with Crippen molar-refractivity contribution in [2.24, 2.45) is 5.92 Å². The SMILES string of the molecule is CC(C)OC=C(C(=O)O)C1CC(C)(C)N(C)C(C)(C)C1. The van der Waals surface area contributed by atoms with Gasteiger partial charge in [-0.15, -0.1) is 0 Å². The van der Waals surface area contributed by atoms with Crippen molar-refractivity contribution in [3.63, 3.8) is 0 Å². The van der Waals surface area contributed by atoms with E-state index in [-0.39, 0.29) is 23.1 Å². The van der Waals surface area contributed by atoms with Crippen molar-refractivity contribution in [3.8, 4) is 0 Å². The summed E-state index contributed by atoms with van der Waals surface area (Å²) in [4.78, 5) is 13.9. The number of hydrogen-bond acceptors (Lipinski definition) is 3. The minimum absolute atomic E-state index is 0.00312. The number of rotatable bonds is 4. The lowest BCUT2D eigenvalue weighted by Gasteiger charge is -2.53. The topological polar surface area (TPSA) is 49.8 Å². The molecule has 1 saturated heterocycles. The number of piperidine rings is 1. The van der Waals surface area contributed by atoms with Crippen molar-refractivity contribution in [3.05, 3.63) is 11.8 Å². The third kappa shape index (κ3) is 3.75. The molecule has 4 nitrogen and oxygen atoms in total. The average molecular weight is 283 g/mol. The van der Waals surface area contributed by atoms with Gasteiger partial charge in [-0.05, 0) is 67.3 Å². The van der Waals surface area contributed by atoms with E-state index >= 15 is 0 Å². The maximum atomic E-state index is 11.6. The highest BCUT2D eigenvalue weighted by Crippen LogP contribution is 2.42. The largest absolute Gasteiger partial charge is 0.498 e. The molecule has 1 fully saturated rings. The molecule has 0 aromatic rings. The number of ether oxygens (including phenoxy) is 1. The molecule has 1 rings (SSSR count). The first-order chi connectivity index (χ1) is 8.97. The number of aliphatic carboxylic acids is 1. The maximum Gasteiger partial charge on any atom is 0.334 e. The summed E-state index contributed by atoms with van der Waals surface area (Å²) in [5, 5.41) is 9.48. The number of likely N-dealkylation sites (tertiary alicyclic amines) is 1. The van der Waals surface area contributed by atoms with Crippen LogP contribution in [-0.4, -0.2) is 40.2 Å². The van der Waals surface area contributed by atoms with Gasteiger partial charge >= 0.3 is 5.97 Å². The molecule has 0 amide bonds. The minimum Gasteiger partial charge on any atom is -0.498 e. The Morgan fingerprint density at radius 1 is 1.25 bits per heavy atom. The highest BCUT2D eigenvalue weighted by Gasteiger charge is 2.45. The highest BCUT2D eigenvalue weighted by molar-refractivity contribution is 5.87. The fraction of sp³-hybridized carbons (Fsp3) is 0.812. The van der Waals surface area contributed by atoms with Crippen molar-refractivity contribution in [2.75, 3.05) is 7.05 Å². The van der Waals surface area contributed by atoms with Crippen molar-refractivity contribution < 1.29 is 14.6 Å². The van der Waals surface area contributed by atoms with Gasteiger partial charge in [-0.25, -0.2) is 4.79 Å². The van der Waals surface area contributed by atoms with Crippen LogP contribution in [0.3, 0.4) is 0 Å². The van der Waals surface area contributed by atoms with E-state index in [0.29, 0.717) is 5.57 Å². The van der Waals surface area contributed by atoms with E-state index in [2.05, 4.69) is 39.6 Å². The molecule has 116 valence electrons. The van der Waals surface area contributed by atoms with E-state index in [0.717, 1.165) is 12.8 Å². The van der Waals surface area contributed by atoms with Crippen LogP contribution in [0.4, 0.5) is 0 Å². The summed E-state index contributed by atoms with van der Waals surface area (Å²) in [6.07, 6.45) is 3.10. The molecule has 0 bridgehead atoms. The van der Waals surface area contributed by atoms with E-state index in [9.17, 15) is 9.90 Å². The van der Waals surface area contributed by atoms with Gasteiger partial charge < -0.3 is 9.84 Å². The van der Waals surface area contributed by atoms with Crippen LogP contribution in [0.2, 0.25) is 0 Å². The van der Waals surface area contributed by atoms with Crippen LogP contribution in [0.15, 0.2) is 11.8 Å². The fourth-order valence-corrected chi connectivity index (χ4v) is 3.12. The Bertz CT molecular complexity index is 379. The molecule has 0 aromatic carbocycles. The van der Waals surface area contributed by atoms with Crippen LogP contribution >= 0.6 is 0 Å². The Morgan fingerprint density at radius 3 is 2.05 bits per heavy atom. The molecule has 1 aliphatic heterocycles. The van der Waals surface area contributed by atoms with E-state index < -0.39 is 5.97 Å². The van der Waals surface area contributed by atoms with Crippen LogP contribution in [0, 0.1) is 5.92 Å². The molecule has 0 atom stereocenters. The normalized spacial score (nSPS) is 23.9. The summed E-state index contributed by atoms with van der Waals surface area (Å²) in [5.74, 6) is -0.848. The zero-order chi connectivity index (χ0) is 15.7. The van der Waals surface area contributed by atoms with Gasteiger partial charge in [0.15, 0.2) is 0 Å². The van der Waals surface area contributed by atoms with Crippen molar-refractivity contribution in [1.82, 2.24) is 4.90 Å². The lowest BCUT2D eigenvalue weighted by atomic mass is 9.71. The van der Waals surface area contributed by atoms with Crippen molar-refractivity contribution in [1.29, 1.82) is 0 Å². The van der Waals surface area contributed by atoms with Gasteiger partial charge in [-0.1, -0.05) is 0 Å². The number of carboxylic acid groups (broad SMARTS) is 1. The third-order valence-corrected chi connectivity index (χ3v) is 4.46. The Labute approximate surface area is 122 Å². The summed E-state index contributed by atoms with van der Waals surface area (Å²) in [6, 6.07) is 0. The second-order valence-corrected chi connectivity index (χ2v) is 7.35. The third-order valence-electron chi connectivity index (χ3n) is 4.46. The molecular weight excluding hydrogens is 254 g/mol. The van der Waals surface area contributed by atoms with E-state index in [1.165, 1.54) is 6.26 Å². The standard InChI is InChI=1S/C16H29NO3/c1-11(2)20-10-13(14(18)19)12-8-15(3,4)17(7)16(5,6)9-12/h10-12H,8-9H2,1-7H3,(H,18,19). The molecule has 0 unspecified atom stereocenters. The molecule has 0 spiro atoms. The van der Waals surface area contributed by atoms with Crippen LogP contribution in [0.1, 0.15) is 54.4 Å². The molecule has 4 heteroatoms. The van der Waals surface area contributed by atoms with Gasteiger partial charge in [0.25, 0.3) is 0 Å². The minimum atomic E-state index is -0.869. The molecular formula is C16H29NO3. The molecule has 1 heterocycles. The van der Waals surface area contributed by atoms with Crippen LogP contribution in [0.5, 0.6) is 0 Å². The van der Waals surface area contributed by atoms with Gasteiger partial charge in [0, 0.05) is 11.1 Å². The number of carbonyl (C=O) groups is 1. The predicted octanol–water partition coefficient (Wildman–Crippen LogP) is 3.28. The Morgan fingerprint density at radius 2 is 1.70 bits per heavy atom. The van der Waals surface area contributed by atoms with Crippen molar-refractivity contribution in [2.45, 2.75) is 71.6 Å². The van der Waals surface area contributed by atoms with Gasteiger partial charge in [0.1, 0.15) is 0 Å². The summed E-state index contributed by atoms with van der Waals surface area (Å²) in [6.45, 7) is 12.5. The lowest BCUT2D eigenvalue weighted by molar-refractivity contribution is -0.134. The average Bonchev–Trinajstić information content (AvgIpc) is 2.24. The van der Waals surface area contributed by atoms with Crippen LogP contribution < -0.4 is 0 Å². The van der Waals surface area contributed by atoms with Gasteiger partial charge in [0.05, 0.1) is 17.9 Å². The highest BCUT2D eigenvalue weighted by atomic mass is 16.5. The fourth-order valence-electron chi connectivity index (χ4n) is 3.12. The number of nitrogens with zero attached hydrogens (tertiary/aromatic N) is 1. The molecule has 0 aliphatic carbocycles. The zero-order valence-electron chi connectivity index (χ0n) is 13.9. The van der Waals surface area contributed by atoms with Gasteiger partial charge in [0.2, 0.25) is 0 Å². The zero-order valence-corrected chi connectivity index (χ0v) is 13.9. The van der Waals surface area contributed by atoms with Crippen LogP contribution in [-0.2, 0) is 9.53 Å². The first kappa shape index (κ1) is 17.0. The quantitative estimate of drug-likeness (QED) is 0.635. The lowest BCUT2D eigenvalue weighted by Crippen LogP contribution is -2.59. The maximum absolute atomic E-state index is 11.6. The van der Waals surface area contributed by atoms with E-state index in [1.807, 2.05) is 13.8 Å². The Kier molecular flexibility index (Phi) is 4.90. The van der Waals surface area contributed by atoms with E-state index in [1.54, 1.807) is 0 Å². The summed E-state index contributed by atoms with van der Waals surface area (Å²) in [5.41, 5.74) is 0.338.